The summed E-state index contributed by atoms with van der Waals surface area (Å²) in [6, 6.07) is 7.44. The lowest BCUT2D eigenvalue weighted by molar-refractivity contribution is 0.205. The molecule has 0 N–H and O–H groups in total. The van der Waals surface area contributed by atoms with E-state index in [1.165, 1.54) is 6.26 Å². The largest absolute Gasteiger partial charge is 0.477 e. The summed E-state index contributed by atoms with van der Waals surface area (Å²) < 4.78 is 42.9. The number of nitrogens with zero attached hydrogens (tertiary/aromatic N) is 5. The smallest absolute Gasteiger partial charge is 0.231 e. The van der Waals surface area contributed by atoms with Crippen molar-refractivity contribution in [2.24, 2.45) is 5.92 Å². The van der Waals surface area contributed by atoms with Gasteiger partial charge in [0.2, 0.25) is 5.88 Å². The highest BCUT2D eigenvalue weighted by Gasteiger charge is 2.38. The van der Waals surface area contributed by atoms with Gasteiger partial charge in [0.1, 0.15) is 26.9 Å². The van der Waals surface area contributed by atoms with E-state index in [2.05, 4.69) is 48.8 Å². The van der Waals surface area contributed by atoms with E-state index in [9.17, 15) is 8.42 Å². The average molecular weight is 600 g/mol. The van der Waals surface area contributed by atoms with Crippen LogP contribution in [0.3, 0.4) is 0 Å². The first-order valence-electron chi connectivity index (χ1n) is 14.2. The lowest BCUT2D eigenvalue weighted by atomic mass is 9.98. The molecule has 5 heterocycles. The van der Waals surface area contributed by atoms with Gasteiger partial charge < -0.3 is 18.5 Å². The van der Waals surface area contributed by atoms with Crippen LogP contribution in [-0.4, -0.2) is 74.6 Å². The van der Waals surface area contributed by atoms with Crippen molar-refractivity contribution in [3.8, 4) is 17.3 Å². The highest BCUT2D eigenvalue weighted by molar-refractivity contribution is 7.90. The highest BCUT2D eigenvalue weighted by atomic mass is 32.2. The number of hydrogen-bond acceptors (Lipinski definition) is 9. The van der Waals surface area contributed by atoms with Crippen LogP contribution >= 0.6 is 0 Å². The first kappa shape index (κ1) is 29.5. The lowest BCUT2D eigenvalue weighted by Gasteiger charge is -2.39. The molecule has 5 rings (SSSR count). The van der Waals surface area contributed by atoms with Crippen LogP contribution in [0.4, 0.5) is 5.82 Å². The van der Waals surface area contributed by atoms with Crippen LogP contribution in [0.5, 0.6) is 5.88 Å². The van der Waals surface area contributed by atoms with Gasteiger partial charge in [-0.05, 0) is 61.5 Å². The van der Waals surface area contributed by atoms with E-state index in [-0.39, 0.29) is 17.4 Å². The molecule has 1 saturated heterocycles. The summed E-state index contributed by atoms with van der Waals surface area (Å²) in [4.78, 5) is 11.6. The number of anilines is 1. The first-order chi connectivity index (χ1) is 19.3. The average Bonchev–Trinajstić information content (AvgIpc) is 3.53. The van der Waals surface area contributed by atoms with E-state index in [0.29, 0.717) is 35.3 Å². The van der Waals surface area contributed by atoms with Crippen molar-refractivity contribution in [1.29, 1.82) is 0 Å². The predicted molar refractivity (Wildman–Crippen MR) is 164 cm³/mol. The Morgan fingerprint density at radius 3 is 2.59 bits per heavy atom. The van der Waals surface area contributed by atoms with E-state index in [1.807, 2.05) is 18.2 Å². The van der Waals surface area contributed by atoms with Gasteiger partial charge in [0.15, 0.2) is 19.7 Å². The maximum Gasteiger partial charge on any atom is 0.231 e. The van der Waals surface area contributed by atoms with Gasteiger partial charge in [-0.15, -0.1) is 5.10 Å². The molecule has 0 atom stereocenters. The molecule has 4 aromatic rings. The van der Waals surface area contributed by atoms with E-state index in [1.54, 1.807) is 23.0 Å². The molecule has 0 radical (unpaired) electrons. The van der Waals surface area contributed by atoms with Gasteiger partial charge in [0.25, 0.3) is 0 Å². The molecule has 0 amide bonds. The summed E-state index contributed by atoms with van der Waals surface area (Å²) in [6.45, 7) is 14.4. The Labute approximate surface area is 243 Å². The van der Waals surface area contributed by atoms with Crippen molar-refractivity contribution in [1.82, 2.24) is 19.6 Å². The Balaban J connectivity index is 1.29. The van der Waals surface area contributed by atoms with Crippen LogP contribution in [0.15, 0.2) is 41.1 Å². The van der Waals surface area contributed by atoms with Crippen molar-refractivity contribution in [2.75, 3.05) is 43.2 Å². The van der Waals surface area contributed by atoms with E-state index in [0.717, 1.165) is 49.3 Å². The standard InChI is InChI=1S/C29H41N5O5SSi/c1-29(2,3)41(5,6)38-20-21-11-14-33(15-12-21)28-22-18-25(39-24(22)10-13-30-28)23-19-31-26-8-9-27(32-34(23)26)37-16-7-17-40(4,35)36/h8-10,13,18-19,21H,7,11-12,14-17,20H2,1-6H3. The molecule has 0 spiro atoms. The second kappa shape index (κ2) is 11.4. The van der Waals surface area contributed by atoms with Crippen molar-refractivity contribution in [3.63, 3.8) is 0 Å². The van der Waals surface area contributed by atoms with Crippen molar-refractivity contribution < 1.29 is 22.0 Å². The van der Waals surface area contributed by atoms with Crippen LogP contribution in [0.1, 0.15) is 40.0 Å². The number of pyridine rings is 1. The minimum atomic E-state index is -3.03. The molecular weight excluding hydrogens is 559 g/mol. The topological polar surface area (TPSA) is 112 Å². The summed E-state index contributed by atoms with van der Waals surface area (Å²) in [5.74, 6) is 2.60. The minimum absolute atomic E-state index is 0.0727. The van der Waals surface area contributed by atoms with Gasteiger partial charge in [-0.25, -0.2) is 22.9 Å². The third-order valence-corrected chi connectivity index (χ3v) is 13.9. The van der Waals surface area contributed by atoms with E-state index < -0.39 is 18.2 Å². The van der Waals surface area contributed by atoms with Crippen LogP contribution in [0, 0.1) is 5.92 Å². The maximum atomic E-state index is 11.4. The molecule has 1 aliphatic heterocycles. The number of hydrogen-bond donors (Lipinski definition) is 0. The Kier molecular flexibility index (Phi) is 8.19. The second-order valence-corrected chi connectivity index (χ2v) is 19.6. The summed E-state index contributed by atoms with van der Waals surface area (Å²) >= 11 is 0. The Morgan fingerprint density at radius 2 is 1.88 bits per heavy atom. The normalized spacial score (nSPS) is 15.7. The fourth-order valence-corrected chi connectivity index (χ4v) is 6.51. The van der Waals surface area contributed by atoms with Crippen LogP contribution in [0.2, 0.25) is 18.1 Å². The fourth-order valence-electron chi connectivity index (χ4n) is 4.78. The number of aromatic nitrogens is 4. The molecule has 4 aromatic heterocycles. The summed E-state index contributed by atoms with van der Waals surface area (Å²) in [5, 5.41) is 5.75. The van der Waals surface area contributed by atoms with Gasteiger partial charge in [-0.2, -0.15) is 0 Å². The second-order valence-electron chi connectivity index (χ2n) is 12.6. The van der Waals surface area contributed by atoms with Gasteiger partial charge in [-0.3, -0.25) is 0 Å². The molecule has 222 valence electrons. The minimum Gasteiger partial charge on any atom is -0.477 e. The van der Waals surface area contributed by atoms with Gasteiger partial charge in [-0.1, -0.05) is 20.8 Å². The van der Waals surface area contributed by atoms with Crippen molar-refractivity contribution in [3.05, 3.63) is 36.7 Å². The predicted octanol–water partition coefficient (Wildman–Crippen LogP) is 5.59. The monoisotopic (exact) mass is 599 g/mol. The Morgan fingerprint density at radius 1 is 1.12 bits per heavy atom. The molecule has 41 heavy (non-hydrogen) atoms. The maximum absolute atomic E-state index is 11.4. The fraction of sp³-hybridized carbons (Fsp3) is 0.552. The van der Waals surface area contributed by atoms with Gasteiger partial charge in [0.05, 0.1) is 23.9 Å². The van der Waals surface area contributed by atoms with Crippen molar-refractivity contribution in [2.45, 2.75) is 58.2 Å². The molecular formula is C29H41N5O5SSi. The third-order valence-electron chi connectivity index (χ3n) is 8.32. The number of sulfone groups is 1. The lowest BCUT2D eigenvalue weighted by Crippen LogP contribution is -2.43. The van der Waals surface area contributed by atoms with Gasteiger partial charge >= 0.3 is 0 Å². The van der Waals surface area contributed by atoms with Crippen LogP contribution in [-0.2, 0) is 14.3 Å². The number of imidazole rings is 1. The Bertz CT molecular complexity index is 1620. The number of piperidine rings is 1. The van der Waals surface area contributed by atoms with Crippen LogP contribution < -0.4 is 9.64 Å². The zero-order valence-electron chi connectivity index (χ0n) is 24.9. The molecule has 0 aromatic carbocycles. The van der Waals surface area contributed by atoms with Crippen molar-refractivity contribution >= 4 is 40.6 Å². The summed E-state index contributed by atoms with van der Waals surface area (Å²) in [6.07, 6.45) is 7.29. The SMILES string of the molecule is CC(C)(C)[Si](C)(C)OCC1CCN(c2nccc3oc(-c4cnc5ccc(OCCCS(C)(=O)=O)nn45)cc23)CC1. The Hall–Kier alpha value is -2.96. The highest BCUT2D eigenvalue weighted by Crippen LogP contribution is 2.38. The quantitative estimate of drug-likeness (QED) is 0.170. The number of rotatable bonds is 10. The molecule has 0 bridgehead atoms. The van der Waals surface area contributed by atoms with Gasteiger partial charge in [0, 0.05) is 38.2 Å². The zero-order chi connectivity index (χ0) is 29.4. The first-order valence-corrected chi connectivity index (χ1v) is 19.2. The third kappa shape index (κ3) is 6.76. The van der Waals surface area contributed by atoms with Crippen LogP contribution in [0.25, 0.3) is 28.1 Å². The molecule has 12 heteroatoms. The number of furan rings is 1. The number of fused-ring (bicyclic) bond motifs is 2. The summed E-state index contributed by atoms with van der Waals surface area (Å²) in [5.41, 5.74) is 2.12. The van der Waals surface area contributed by atoms with E-state index in [4.69, 9.17) is 18.6 Å². The molecule has 0 unspecified atom stereocenters. The molecule has 1 fully saturated rings. The number of ether oxygens (including phenoxy) is 1. The molecule has 10 nitrogen and oxygen atoms in total. The zero-order valence-corrected chi connectivity index (χ0v) is 26.7. The molecule has 0 aliphatic carbocycles. The molecule has 0 saturated carbocycles. The summed E-state index contributed by atoms with van der Waals surface area (Å²) in [7, 11) is -4.78. The van der Waals surface area contributed by atoms with E-state index >= 15 is 0 Å². The molecule has 1 aliphatic rings.